The summed E-state index contributed by atoms with van der Waals surface area (Å²) in [6.07, 6.45) is 0.402. The first kappa shape index (κ1) is 24.2. The van der Waals surface area contributed by atoms with E-state index in [1.807, 2.05) is 66.7 Å². The second-order valence-corrected chi connectivity index (χ2v) is 9.15. The van der Waals surface area contributed by atoms with E-state index in [-0.39, 0.29) is 18.2 Å². The zero-order valence-corrected chi connectivity index (χ0v) is 20.8. The van der Waals surface area contributed by atoms with E-state index in [1.165, 1.54) is 6.92 Å². The standard InChI is InChI=1S/C27H24BrN3O4/c1-16(32)31(2)21-10-8-20(9-11-21)29-26(18-5-3-4-17(14-18)6-13-24(33)34)25-22-12-7-19(28)15-23(22)30-27(25)35/h3-5,7-12,14-15,29H,6,13H2,1-2H3,(H,30,35)(H,33,34). The minimum Gasteiger partial charge on any atom is -0.481 e. The molecule has 0 spiro atoms. The summed E-state index contributed by atoms with van der Waals surface area (Å²) in [5.74, 6) is -1.17. The quantitative estimate of drug-likeness (QED) is 0.354. The molecule has 3 N–H and O–H groups in total. The number of anilines is 3. The number of nitrogens with zero attached hydrogens (tertiary/aromatic N) is 1. The molecule has 0 aromatic heterocycles. The van der Waals surface area contributed by atoms with Gasteiger partial charge in [0.1, 0.15) is 0 Å². The second kappa shape index (κ2) is 10.1. The summed E-state index contributed by atoms with van der Waals surface area (Å²) in [6.45, 7) is 1.50. The van der Waals surface area contributed by atoms with Crippen LogP contribution in [0.4, 0.5) is 17.1 Å². The molecule has 0 fully saturated rings. The van der Waals surface area contributed by atoms with Crippen LogP contribution in [0.2, 0.25) is 0 Å². The lowest BCUT2D eigenvalue weighted by atomic mass is 9.97. The Hall–Kier alpha value is -3.91. The van der Waals surface area contributed by atoms with Crippen LogP contribution < -0.4 is 15.5 Å². The number of amides is 2. The van der Waals surface area contributed by atoms with E-state index in [0.29, 0.717) is 23.4 Å². The fourth-order valence-corrected chi connectivity index (χ4v) is 4.26. The molecular weight excluding hydrogens is 510 g/mol. The number of halogens is 1. The van der Waals surface area contributed by atoms with Crippen molar-refractivity contribution in [3.8, 4) is 0 Å². The number of rotatable bonds is 7. The Kier molecular flexibility index (Phi) is 7.02. The summed E-state index contributed by atoms with van der Waals surface area (Å²) in [6, 6.07) is 20.5. The van der Waals surface area contributed by atoms with E-state index in [1.54, 1.807) is 11.9 Å². The van der Waals surface area contributed by atoms with Crippen LogP contribution in [0.5, 0.6) is 0 Å². The van der Waals surface area contributed by atoms with E-state index in [9.17, 15) is 14.4 Å². The van der Waals surface area contributed by atoms with Gasteiger partial charge >= 0.3 is 5.97 Å². The van der Waals surface area contributed by atoms with Gasteiger partial charge in [0, 0.05) is 41.8 Å². The van der Waals surface area contributed by atoms with Gasteiger partial charge in [-0.05, 0) is 60.0 Å². The number of fused-ring (bicyclic) bond motifs is 1. The van der Waals surface area contributed by atoms with Gasteiger partial charge < -0.3 is 20.6 Å². The van der Waals surface area contributed by atoms with Crippen molar-refractivity contribution >= 4 is 62.0 Å². The third-order valence-electron chi connectivity index (χ3n) is 5.82. The molecule has 2 amide bonds. The van der Waals surface area contributed by atoms with Crippen molar-refractivity contribution in [2.75, 3.05) is 22.6 Å². The summed E-state index contributed by atoms with van der Waals surface area (Å²) < 4.78 is 0.855. The van der Waals surface area contributed by atoms with Crippen molar-refractivity contribution in [2.24, 2.45) is 0 Å². The molecule has 0 bridgehead atoms. The van der Waals surface area contributed by atoms with Gasteiger partial charge in [-0.2, -0.15) is 0 Å². The van der Waals surface area contributed by atoms with Crippen molar-refractivity contribution in [3.63, 3.8) is 0 Å². The van der Waals surface area contributed by atoms with E-state index in [4.69, 9.17) is 5.11 Å². The third kappa shape index (κ3) is 5.44. The van der Waals surface area contributed by atoms with Crippen LogP contribution in [0.15, 0.2) is 71.2 Å². The van der Waals surface area contributed by atoms with Gasteiger partial charge in [0.25, 0.3) is 5.91 Å². The second-order valence-electron chi connectivity index (χ2n) is 8.24. The molecule has 178 valence electrons. The number of carbonyl (C=O) groups is 3. The summed E-state index contributed by atoms with van der Waals surface area (Å²) in [4.78, 5) is 37.4. The maximum absolute atomic E-state index is 13.1. The first-order chi connectivity index (χ1) is 16.7. The Balaban J connectivity index is 1.80. The van der Waals surface area contributed by atoms with Gasteiger partial charge in [-0.1, -0.05) is 40.2 Å². The van der Waals surface area contributed by atoms with Crippen molar-refractivity contribution in [1.82, 2.24) is 0 Å². The molecule has 1 aliphatic rings. The molecule has 4 rings (SSSR count). The summed E-state index contributed by atoms with van der Waals surface area (Å²) in [5.41, 5.74) is 5.69. The largest absolute Gasteiger partial charge is 0.481 e. The fourth-order valence-electron chi connectivity index (χ4n) is 3.90. The number of aryl methyl sites for hydroxylation is 1. The van der Waals surface area contributed by atoms with Crippen molar-refractivity contribution in [1.29, 1.82) is 0 Å². The van der Waals surface area contributed by atoms with Crippen LogP contribution in [-0.4, -0.2) is 29.9 Å². The molecule has 0 atom stereocenters. The monoisotopic (exact) mass is 533 g/mol. The van der Waals surface area contributed by atoms with Crippen LogP contribution >= 0.6 is 15.9 Å². The minimum absolute atomic E-state index is 0.0191. The first-order valence-corrected chi connectivity index (χ1v) is 11.8. The van der Waals surface area contributed by atoms with Gasteiger partial charge in [-0.15, -0.1) is 0 Å². The number of carboxylic acid groups (broad SMARTS) is 1. The Morgan fingerprint density at radius 3 is 2.49 bits per heavy atom. The highest BCUT2D eigenvalue weighted by Crippen LogP contribution is 2.39. The van der Waals surface area contributed by atoms with E-state index in [0.717, 1.165) is 32.5 Å². The molecule has 3 aromatic carbocycles. The fraction of sp³-hybridized carbons (Fsp3) is 0.148. The van der Waals surface area contributed by atoms with Crippen LogP contribution in [-0.2, 0) is 20.8 Å². The predicted molar refractivity (Wildman–Crippen MR) is 141 cm³/mol. The summed E-state index contributed by atoms with van der Waals surface area (Å²) in [5, 5.41) is 15.4. The van der Waals surface area contributed by atoms with Crippen LogP contribution in [0.25, 0.3) is 11.3 Å². The lowest BCUT2D eigenvalue weighted by Gasteiger charge is -2.18. The minimum atomic E-state index is -0.864. The topological polar surface area (TPSA) is 98.7 Å². The van der Waals surface area contributed by atoms with Gasteiger partial charge in [0.05, 0.1) is 17.0 Å². The zero-order chi connectivity index (χ0) is 25.1. The van der Waals surface area contributed by atoms with E-state index >= 15 is 0 Å². The van der Waals surface area contributed by atoms with Gasteiger partial charge in [0.2, 0.25) is 5.91 Å². The summed E-state index contributed by atoms with van der Waals surface area (Å²) in [7, 11) is 1.71. The Labute approximate surface area is 211 Å². The molecule has 7 nitrogen and oxygen atoms in total. The van der Waals surface area contributed by atoms with Gasteiger partial charge in [-0.25, -0.2) is 0 Å². The van der Waals surface area contributed by atoms with Crippen LogP contribution in [0, 0.1) is 0 Å². The highest BCUT2D eigenvalue weighted by molar-refractivity contribution is 9.10. The number of hydrogen-bond donors (Lipinski definition) is 3. The van der Waals surface area contributed by atoms with Gasteiger partial charge in [0.15, 0.2) is 0 Å². The lowest BCUT2D eigenvalue weighted by molar-refractivity contribution is -0.137. The Bertz CT molecular complexity index is 1350. The molecule has 8 heteroatoms. The number of carbonyl (C=O) groups excluding carboxylic acids is 2. The number of carboxylic acids is 1. The van der Waals surface area contributed by atoms with Crippen molar-refractivity contribution in [3.05, 3.63) is 87.9 Å². The van der Waals surface area contributed by atoms with Crippen molar-refractivity contribution in [2.45, 2.75) is 19.8 Å². The maximum Gasteiger partial charge on any atom is 0.303 e. The normalized spacial score (nSPS) is 13.6. The molecular formula is C27H24BrN3O4. The predicted octanol–water partition coefficient (Wildman–Crippen LogP) is 5.38. The molecule has 0 unspecified atom stereocenters. The number of hydrogen-bond acceptors (Lipinski definition) is 4. The lowest BCUT2D eigenvalue weighted by Crippen LogP contribution is -2.22. The van der Waals surface area contributed by atoms with E-state index in [2.05, 4.69) is 26.6 Å². The molecule has 0 radical (unpaired) electrons. The van der Waals surface area contributed by atoms with Crippen LogP contribution in [0.3, 0.4) is 0 Å². The molecule has 1 aliphatic heterocycles. The highest BCUT2D eigenvalue weighted by Gasteiger charge is 2.28. The molecule has 3 aromatic rings. The number of nitrogens with one attached hydrogen (secondary N) is 2. The molecule has 0 saturated heterocycles. The Morgan fingerprint density at radius 1 is 1.06 bits per heavy atom. The molecule has 35 heavy (non-hydrogen) atoms. The van der Waals surface area contributed by atoms with Gasteiger partial charge in [-0.3, -0.25) is 14.4 Å². The molecule has 0 saturated carbocycles. The SMILES string of the molecule is CC(=O)N(C)c1ccc(NC(=C2C(=O)Nc3cc(Br)ccc32)c2cccc(CCC(=O)O)c2)cc1. The van der Waals surface area contributed by atoms with Crippen LogP contribution in [0.1, 0.15) is 30.0 Å². The highest BCUT2D eigenvalue weighted by atomic mass is 79.9. The molecule has 1 heterocycles. The first-order valence-electron chi connectivity index (χ1n) is 11.0. The smallest absolute Gasteiger partial charge is 0.303 e. The molecule has 0 aliphatic carbocycles. The van der Waals surface area contributed by atoms with E-state index < -0.39 is 5.97 Å². The Morgan fingerprint density at radius 2 is 1.80 bits per heavy atom. The third-order valence-corrected chi connectivity index (χ3v) is 6.31. The summed E-state index contributed by atoms with van der Waals surface area (Å²) >= 11 is 3.45. The average molecular weight is 534 g/mol. The number of aliphatic carboxylic acids is 1. The maximum atomic E-state index is 13.1. The average Bonchev–Trinajstić information content (AvgIpc) is 3.15. The number of benzene rings is 3. The zero-order valence-electron chi connectivity index (χ0n) is 19.3. The van der Waals surface area contributed by atoms with Crippen molar-refractivity contribution < 1.29 is 19.5 Å².